The van der Waals surface area contributed by atoms with Crippen molar-refractivity contribution in [1.29, 1.82) is 0 Å². The molecule has 0 unspecified atom stereocenters. The second kappa shape index (κ2) is 2.26. The Morgan fingerprint density at radius 1 is 0.875 bits per heavy atom. The Balaban J connectivity index is 3.32. The van der Waals surface area contributed by atoms with E-state index in [9.17, 15) is 4.79 Å². The quantitative estimate of drug-likeness (QED) is 0.483. The van der Waals surface area contributed by atoms with Crippen molar-refractivity contribution in [2.45, 2.75) is 0 Å². The molecular weight excluding hydrogens is 100 g/mol. The molecule has 1 aromatic rings. The van der Waals surface area contributed by atoms with Gasteiger partial charge in [0.1, 0.15) is 0 Å². The first-order valence-corrected chi connectivity index (χ1v) is 2.45. The first kappa shape index (κ1) is 5.04. The van der Waals surface area contributed by atoms with Crippen LogP contribution in [0.5, 0.6) is 0 Å². The lowest BCUT2D eigenvalue weighted by molar-refractivity contribution is 1.68. The van der Waals surface area contributed by atoms with Crippen molar-refractivity contribution < 1.29 is 0 Å². The van der Waals surface area contributed by atoms with Crippen LogP contribution in [-0.2, 0) is 0 Å². The van der Waals surface area contributed by atoms with Gasteiger partial charge in [-0.05, 0) is 12.1 Å². The number of rotatable bonds is 0. The van der Waals surface area contributed by atoms with Crippen molar-refractivity contribution in [2.24, 2.45) is 0 Å². The van der Waals surface area contributed by atoms with Crippen molar-refractivity contribution in [3.05, 3.63) is 46.6 Å². The monoisotopic (exact) mass is 106 g/mol. The lowest BCUT2D eigenvalue weighted by atomic mass is 10.5. The van der Waals surface area contributed by atoms with Gasteiger partial charge in [0.05, 0.1) is 0 Å². The summed E-state index contributed by atoms with van der Waals surface area (Å²) in [5, 5.41) is 0. The molecule has 0 fully saturated rings. The van der Waals surface area contributed by atoms with Gasteiger partial charge in [0.15, 0.2) is 5.43 Å². The third-order valence-electron chi connectivity index (χ3n) is 0.854. The van der Waals surface area contributed by atoms with Crippen LogP contribution in [0.4, 0.5) is 0 Å². The fraction of sp³-hybridized carbons (Fsp3) is 0. The van der Waals surface area contributed by atoms with Gasteiger partial charge in [0.2, 0.25) is 0 Å². The van der Waals surface area contributed by atoms with E-state index in [1.165, 1.54) is 12.1 Å². The number of hydrogen-bond donors (Lipinski definition) is 0. The maximum Gasteiger partial charge on any atom is 0.178 e. The summed E-state index contributed by atoms with van der Waals surface area (Å²) in [6.07, 6.45) is 0. The zero-order valence-corrected chi connectivity index (χ0v) is 4.37. The summed E-state index contributed by atoms with van der Waals surface area (Å²) in [5.74, 6) is 0. The average Bonchev–Trinajstić information content (AvgIpc) is 1.94. The predicted octanol–water partition coefficient (Wildman–Crippen LogP) is 1.05. The highest BCUT2D eigenvalue weighted by Gasteiger charge is 1.69. The average molecular weight is 106 g/mol. The summed E-state index contributed by atoms with van der Waals surface area (Å²) in [6.45, 7) is 0. The van der Waals surface area contributed by atoms with Crippen LogP contribution in [0.15, 0.2) is 41.2 Å². The number of hydrogen-bond acceptors (Lipinski definition) is 1. The van der Waals surface area contributed by atoms with E-state index in [1.54, 1.807) is 12.1 Å². The summed E-state index contributed by atoms with van der Waals surface area (Å²) in [6, 6.07) is 10.1. The third-order valence-corrected chi connectivity index (χ3v) is 0.854. The predicted molar refractivity (Wildman–Crippen MR) is 32.7 cm³/mol. The maximum absolute atomic E-state index is 10.5. The highest BCUT2D eigenvalue weighted by Crippen LogP contribution is 1.73. The third kappa shape index (κ3) is 1.19. The standard InChI is InChI=1S/C7H6O/c8-7-5-3-1-2-4-6-7/h1-6H. The second-order valence-electron chi connectivity index (χ2n) is 1.51. The van der Waals surface area contributed by atoms with Gasteiger partial charge in [-0.2, -0.15) is 0 Å². The first-order chi connectivity index (χ1) is 3.89. The topological polar surface area (TPSA) is 17.1 Å². The van der Waals surface area contributed by atoms with Crippen LogP contribution >= 0.6 is 0 Å². The van der Waals surface area contributed by atoms with Gasteiger partial charge in [-0.25, -0.2) is 0 Å². The van der Waals surface area contributed by atoms with E-state index < -0.39 is 0 Å². The Bertz CT molecular complexity index is 195. The lowest BCUT2D eigenvalue weighted by Crippen LogP contribution is -1.87. The fourth-order valence-electron chi connectivity index (χ4n) is 0.485. The lowest BCUT2D eigenvalue weighted by Gasteiger charge is -1.56. The molecule has 0 spiro atoms. The summed E-state index contributed by atoms with van der Waals surface area (Å²) in [5.41, 5.74) is 0.0509. The van der Waals surface area contributed by atoms with Crippen LogP contribution in [-0.4, -0.2) is 0 Å². The van der Waals surface area contributed by atoms with Gasteiger partial charge in [0.25, 0.3) is 0 Å². The highest BCUT2D eigenvalue weighted by molar-refractivity contribution is 5.00. The summed E-state index contributed by atoms with van der Waals surface area (Å²) in [4.78, 5) is 10.5. The van der Waals surface area contributed by atoms with Gasteiger partial charge < -0.3 is 0 Å². The summed E-state index contributed by atoms with van der Waals surface area (Å²) < 4.78 is 0. The Labute approximate surface area is 47.6 Å². The van der Waals surface area contributed by atoms with Crippen molar-refractivity contribution >= 4 is 0 Å². The molecule has 40 valence electrons. The fourth-order valence-corrected chi connectivity index (χ4v) is 0.485. The van der Waals surface area contributed by atoms with E-state index in [2.05, 4.69) is 0 Å². The Kier molecular flexibility index (Phi) is 1.42. The Hall–Kier alpha value is -1.11. The van der Waals surface area contributed by atoms with Crippen molar-refractivity contribution in [3.8, 4) is 0 Å². The van der Waals surface area contributed by atoms with Crippen molar-refractivity contribution in [1.82, 2.24) is 0 Å². The molecule has 0 atom stereocenters. The van der Waals surface area contributed by atoms with Crippen LogP contribution < -0.4 is 5.43 Å². The molecule has 0 aliphatic carbocycles. The van der Waals surface area contributed by atoms with Gasteiger partial charge in [-0.1, -0.05) is 24.3 Å². The molecule has 1 rings (SSSR count). The SMILES string of the molecule is O=c1cccccc1. The molecule has 0 radical (unpaired) electrons. The minimum Gasteiger partial charge on any atom is -0.290 e. The van der Waals surface area contributed by atoms with E-state index >= 15 is 0 Å². The molecule has 0 N–H and O–H groups in total. The molecule has 8 heavy (non-hydrogen) atoms. The molecule has 0 heterocycles. The van der Waals surface area contributed by atoms with E-state index in [0.29, 0.717) is 0 Å². The Morgan fingerprint density at radius 2 is 1.38 bits per heavy atom. The zero-order chi connectivity index (χ0) is 5.82. The van der Waals surface area contributed by atoms with Crippen molar-refractivity contribution in [2.75, 3.05) is 0 Å². The molecule has 0 aliphatic heterocycles. The minimum atomic E-state index is 0.0509. The molecule has 0 aromatic heterocycles. The molecule has 0 amide bonds. The molecule has 0 bridgehead atoms. The van der Waals surface area contributed by atoms with Crippen LogP contribution in [0.1, 0.15) is 0 Å². The minimum absolute atomic E-state index is 0.0509. The highest BCUT2D eigenvalue weighted by atomic mass is 16.1. The normalized spacial score (nSPS) is 8.50. The van der Waals surface area contributed by atoms with Crippen LogP contribution in [0.25, 0.3) is 0 Å². The zero-order valence-electron chi connectivity index (χ0n) is 4.37. The Morgan fingerprint density at radius 3 is 1.88 bits per heavy atom. The summed E-state index contributed by atoms with van der Waals surface area (Å²) in [7, 11) is 0. The van der Waals surface area contributed by atoms with Gasteiger partial charge >= 0.3 is 0 Å². The van der Waals surface area contributed by atoms with Crippen LogP contribution in [0, 0.1) is 0 Å². The first-order valence-electron chi connectivity index (χ1n) is 2.45. The van der Waals surface area contributed by atoms with Crippen LogP contribution in [0.3, 0.4) is 0 Å². The molecular formula is C7H6O. The van der Waals surface area contributed by atoms with Crippen LogP contribution in [0.2, 0.25) is 0 Å². The summed E-state index contributed by atoms with van der Waals surface area (Å²) >= 11 is 0. The maximum atomic E-state index is 10.5. The molecule has 0 aliphatic rings. The molecule has 1 aromatic carbocycles. The molecule has 0 saturated carbocycles. The smallest absolute Gasteiger partial charge is 0.178 e. The largest absolute Gasteiger partial charge is 0.290 e. The van der Waals surface area contributed by atoms with E-state index in [0.717, 1.165) is 0 Å². The second-order valence-corrected chi connectivity index (χ2v) is 1.51. The molecule has 0 saturated heterocycles. The van der Waals surface area contributed by atoms with E-state index in [1.807, 2.05) is 12.1 Å². The molecule has 1 heteroatoms. The van der Waals surface area contributed by atoms with Crippen molar-refractivity contribution in [3.63, 3.8) is 0 Å². The molecule has 1 nitrogen and oxygen atoms in total. The van der Waals surface area contributed by atoms with E-state index in [-0.39, 0.29) is 5.43 Å². The van der Waals surface area contributed by atoms with Gasteiger partial charge in [-0.15, -0.1) is 0 Å². The van der Waals surface area contributed by atoms with Gasteiger partial charge in [-0.3, -0.25) is 4.79 Å². The van der Waals surface area contributed by atoms with Gasteiger partial charge in [0, 0.05) is 0 Å². The van der Waals surface area contributed by atoms with E-state index in [4.69, 9.17) is 0 Å².